The largest absolute Gasteiger partial charge is 0.483 e. The predicted octanol–water partition coefficient (Wildman–Crippen LogP) is 3.63. The van der Waals surface area contributed by atoms with Crippen LogP contribution in [0.4, 0.5) is 20.3 Å². The van der Waals surface area contributed by atoms with Gasteiger partial charge in [0.2, 0.25) is 0 Å². The van der Waals surface area contributed by atoms with Gasteiger partial charge in [0.05, 0.1) is 5.51 Å². The first kappa shape index (κ1) is 25.5. The molecule has 4 rings (SSSR count). The highest BCUT2D eigenvalue weighted by Gasteiger charge is 2.30. The third-order valence-electron chi connectivity index (χ3n) is 5.37. The number of sulfonamides is 1. The Balaban J connectivity index is 0.00000103. The van der Waals surface area contributed by atoms with E-state index in [9.17, 15) is 17.2 Å². The fourth-order valence-corrected chi connectivity index (χ4v) is 5.46. The second-order valence-electron chi connectivity index (χ2n) is 7.60. The molecule has 1 atom stereocenters. The Morgan fingerprint density at radius 2 is 1.91 bits per heavy atom. The number of halogens is 2. The summed E-state index contributed by atoms with van der Waals surface area (Å²) in [5, 5.41) is 8.33. The molecule has 1 fully saturated rings. The topological polar surface area (TPSA) is 103 Å². The quantitative estimate of drug-likeness (QED) is 0.468. The molecule has 34 heavy (non-hydrogen) atoms. The number of rotatable bonds is 7. The molecule has 1 aliphatic rings. The predicted molar refractivity (Wildman–Crippen MR) is 127 cm³/mol. The normalized spacial score (nSPS) is 15.9. The van der Waals surface area contributed by atoms with Crippen LogP contribution < -0.4 is 9.62 Å². The fourth-order valence-electron chi connectivity index (χ4n) is 3.78. The lowest BCUT2D eigenvalue weighted by atomic mass is 10.2. The molecule has 1 aliphatic heterocycles. The minimum absolute atomic E-state index is 0.0226. The number of anilines is 2. The van der Waals surface area contributed by atoms with E-state index in [1.807, 2.05) is 18.2 Å². The van der Waals surface area contributed by atoms with Crippen LogP contribution in [0.15, 0.2) is 58.3 Å². The molecule has 2 N–H and O–H groups in total. The monoisotopic (exact) mass is 510 g/mol. The van der Waals surface area contributed by atoms with Crippen molar-refractivity contribution in [2.45, 2.75) is 23.9 Å². The van der Waals surface area contributed by atoms with Crippen LogP contribution in [0.25, 0.3) is 0 Å². The highest BCUT2D eigenvalue weighted by atomic mass is 32.2. The molecule has 0 aliphatic carbocycles. The Morgan fingerprint density at radius 1 is 1.26 bits per heavy atom. The van der Waals surface area contributed by atoms with Gasteiger partial charge < -0.3 is 10.0 Å². The van der Waals surface area contributed by atoms with Crippen molar-refractivity contribution < 1.29 is 27.1 Å². The van der Waals surface area contributed by atoms with Crippen LogP contribution in [-0.4, -0.2) is 56.1 Å². The van der Waals surface area contributed by atoms with E-state index >= 15 is 0 Å². The number of nitrogens with one attached hydrogen (secondary N) is 1. The molecule has 0 radical (unpaired) electrons. The first-order valence-corrected chi connectivity index (χ1v) is 12.6. The van der Waals surface area contributed by atoms with Crippen LogP contribution in [0.5, 0.6) is 0 Å². The standard InChI is InChI=1S/C21H22F2N4O2S2.CH2O2/c1-26(16-7-8-27(12-16)11-15-5-3-2-4-6-15)17-9-18(22)21(19(23)10-17)31(28,29)25-20-13-30-14-24-20;2-1-3/h2-6,9-10,13-14,16,25H,7-8,11-12H2,1H3;1H,(H,2,3)/t16-;/m0./s1. The molecule has 1 saturated heterocycles. The van der Waals surface area contributed by atoms with Crippen molar-refractivity contribution in [1.82, 2.24) is 9.88 Å². The molecule has 1 aromatic heterocycles. The van der Waals surface area contributed by atoms with E-state index in [2.05, 4.69) is 26.7 Å². The van der Waals surface area contributed by atoms with E-state index in [4.69, 9.17) is 9.90 Å². The van der Waals surface area contributed by atoms with Crippen molar-refractivity contribution in [3.05, 3.63) is 70.6 Å². The van der Waals surface area contributed by atoms with E-state index in [-0.39, 0.29) is 18.3 Å². The van der Waals surface area contributed by atoms with E-state index in [1.165, 1.54) is 27.8 Å². The van der Waals surface area contributed by atoms with Crippen molar-refractivity contribution in [3.63, 3.8) is 0 Å². The number of hydrogen-bond acceptors (Lipinski definition) is 7. The van der Waals surface area contributed by atoms with Gasteiger partial charge in [-0.15, -0.1) is 11.3 Å². The molecular formula is C22H24F2N4O4S2. The second kappa shape index (κ2) is 11.4. The molecule has 0 bridgehead atoms. The van der Waals surface area contributed by atoms with Crippen molar-refractivity contribution in [2.24, 2.45) is 0 Å². The molecule has 0 amide bonds. The smallest absolute Gasteiger partial charge is 0.290 e. The lowest BCUT2D eigenvalue weighted by Gasteiger charge is -2.27. The molecule has 0 spiro atoms. The number of thiazole rings is 1. The van der Waals surface area contributed by atoms with E-state index in [0.29, 0.717) is 5.69 Å². The molecule has 2 heterocycles. The fraction of sp³-hybridized carbons (Fsp3) is 0.273. The van der Waals surface area contributed by atoms with Gasteiger partial charge in [-0.3, -0.25) is 14.4 Å². The Hall–Kier alpha value is -3.09. The summed E-state index contributed by atoms with van der Waals surface area (Å²) < 4.78 is 56.5. The van der Waals surface area contributed by atoms with Gasteiger partial charge >= 0.3 is 0 Å². The zero-order chi connectivity index (χ0) is 24.7. The van der Waals surface area contributed by atoms with Gasteiger partial charge in [-0.05, 0) is 24.1 Å². The summed E-state index contributed by atoms with van der Waals surface area (Å²) in [6.07, 6.45) is 0.845. The number of likely N-dealkylation sites (N-methyl/N-ethyl adjacent to an activating group) is 1. The third kappa shape index (κ3) is 6.27. The van der Waals surface area contributed by atoms with Crippen LogP contribution in [-0.2, 0) is 21.4 Å². The van der Waals surface area contributed by atoms with E-state index < -0.39 is 26.6 Å². The maximum atomic E-state index is 14.7. The second-order valence-corrected chi connectivity index (χ2v) is 9.94. The van der Waals surface area contributed by atoms with Gasteiger partial charge in [0.1, 0.15) is 11.6 Å². The highest BCUT2D eigenvalue weighted by Crippen LogP contribution is 2.29. The molecule has 0 unspecified atom stereocenters. The van der Waals surface area contributed by atoms with E-state index in [1.54, 1.807) is 11.9 Å². The average molecular weight is 511 g/mol. The number of hydrogen-bond donors (Lipinski definition) is 2. The SMILES string of the molecule is CN(c1cc(F)c(S(=O)(=O)Nc2cscn2)c(F)c1)[C@H]1CCN(Cc2ccccc2)C1.O=CO. The van der Waals surface area contributed by atoms with Crippen LogP contribution >= 0.6 is 11.3 Å². The molecule has 2 aromatic carbocycles. The van der Waals surface area contributed by atoms with Crippen molar-refractivity contribution in [1.29, 1.82) is 0 Å². The number of carboxylic acid groups (broad SMARTS) is 1. The van der Waals surface area contributed by atoms with Crippen LogP contribution in [0.2, 0.25) is 0 Å². The van der Waals surface area contributed by atoms with Crippen LogP contribution in [0.1, 0.15) is 12.0 Å². The summed E-state index contributed by atoms with van der Waals surface area (Å²) >= 11 is 1.17. The molecule has 12 heteroatoms. The number of nitrogens with zero attached hydrogens (tertiary/aromatic N) is 3. The minimum atomic E-state index is -4.43. The van der Waals surface area contributed by atoms with Gasteiger partial charge in [0, 0.05) is 43.8 Å². The zero-order valence-corrected chi connectivity index (χ0v) is 19.9. The zero-order valence-electron chi connectivity index (χ0n) is 18.3. The van der Waals surface area contributed by atoms with Gasteiger partial charge in [0.25, 0.3) is 16.5 Å². The average Bonchev–Trinajstić information content (AvgIpc) is 3.45. The first-order chi connectivity index (χ1) is 16.2. The Labute approximate surface area is 200 Å². The van der Waals surface area contributed by atoms with Crippen LogP contribution in [0, 0.1) is 11.6 Å². The summed E-state index contributed by atoms with van der Waals surface area (Å²) in [6.45, 7) is 2.19. The molecule has 3 aromatic rings. The summed E-state index contributed by atoms with van der Waals surface area (Å²) in [7, 11) is -2.66. The molecule has 182 valence electrons. The number of likely N-dealkylation sites (tertiary alicyclic amines) is 1. The Kier molecular flexibility index (Phi) is 8.53. The summed E-state index contributed by atoms with van der Waals surface area (Å²) in [5.74, 6) is -2.25. The molecule has 8 nitrogen and oxygen atoms in total. The summed E-state index contributed by atoms with van der Waals surface area (Å²) in [6, 6.07) is 12.3. The lowest BCUT2D eigenvalue weighted by molar-refractivity contribution is -0.122. The van der Waals surface area contributed by atoms with Crippen LogP contribution in [0.3, 0.4) is 0 Å². The number of benzene rings is 2. The van der Waals surface area contributed by atoms with Gasteiger partial charge in [-0.2, -0.15) is 0 Å². The minimum Gasteiger partial charge on any atom is -0.483 e. The molecular weight excluding hydrogens is 486 g/mol. The first-order valence-electron chi connectivity index (χ1n) is 10.2. The maximum absolute atomic E-state index is 14.7. The maximum Gasteiger partial charge on any atom is 0.290 e. The van der Waals surface area contributed by atoms with Crippen molar-refractivity contribution in [3.8, 4) is 0 Å². The third-order valence-corrected chi connectivity index (χ3v) is 7.37. The summed E-state index contributed by atoms with van der Waals surface area (Å²) in [5.41, 5.74) is 2.94. The van der Waals surface area contributed by atoms with Gasteiger partial charge in [-0.25, -0.2) is 22.2 Å². The Morgan fingerprint density at radius 3 is 2.50 bits per heavy atom. The molecule has 0 saturated carbocycles. The number of carbonyl (C=O) groups is 1. The summed E-state index contributed by atoms with van der Waals surface area (Å²) in [4.78, 5) is 15.2. The van der Waals surface area contributed by atoms with Crippen molar-refractivity contribution >= 4 is 39.3 Å². The Bertz CT molecular complexity index is 1170. The van der Waals surface area contributed by atoms with Gasteiger partial charge in [-0.1, -0.05) is 30.3 Å². The lowest BCUT2D eigenvalue weighted by Crippen LogP contribution is -2.34. The number of aromatic nitrogens is 1. The van der Waals surface area contributed by atoms with Crippen molar-refractivity contribution in [2.75, 3.05) is 29.8 Å². The van der Waals surface area contributed by atoms with Gasteiger partial charge in [0.15, 0.2) is 10.7 Å². The van der Waals surface area contributed by atoms with E-state index in [0.717, 1.165) is 38.2 Å². The highest BCUT2D eigenvalue weighted by molar-refractivity contribution is 7.92.